The first-order valence-corrected chi connectivity index (χ1v) is 13.6. The number of rotatable bonds is 14. The number of carbonyl (C=O) groups is 2. The SMILES string of the molecule is CCN(CC)CCOCc1cccc(COc2ccc(C(=O)Nc3c(C)ccc(C(N)=O)c3C3CC3)cc2)n1. The summed E-state index contributed by atoms with van der Waals surface area (Å²) in [6, 6.07) is 16.4. The van der Waals surface area contributed by atoms with Crippen molar-refractivity contribution in [3.05, 3.63) is 88.2 Å². The van der Waals surface area contributed by atoms with Crippen molar-refractivity contribution >= 4 is 17.5 Å². The Labute approximate surface area is 230 Å². The first-order valence-electron chi connectivity index (χ1n) is 13.6. The number of nitrogens with two attached hydrogens (primary N) is 1. The van der Waals surface area contributed by atoms with Crippen molar-refractivity contribution in [2.45, 2.75) is 52.7 Å². The Morgan fingerprint density at radius 3 is 2.33 bits per heavy atom. The van der Waals surface area contributed by atoms with Crippen molar-refractivity contribution in [2.75, 3.05) is 31.6 Å². The highest BCUT2D eigenvalue weighted by molar-refractivity contribution is 6.06. The third kappa shape index (κ3) is 7.65. The van der Waals surface area contributed by atoms with Crippen molar-refractivity contribution in [1.29, 1.82) is 0 Å². The number of carbonyl (C=O) groups excluding carboxylic acids is 2. The Kier molecular flexibility index (Phi) is 9.68. The second-order valence-electron chi connectivity index (χ2n) is 9.82. The minimum atomic E-state index is -0.475. The van der Waals surface area contributed by atoms with Gasteiger partial charge in [0, 0.05) is 23.4 Å². The third-order valence-corrected chi connectivity index (χ3v) is 7.01. The topological polar surface area (TPSA) is 107 Å². The summed E-state index contributed by atoms with van der Waals surface area (Å²) in [5.41, 5.74) is 10.7. The Balaban J connectivity index is 1.32. The standard InChI is InChI=1S/C31H38N4O4/c1-4-35(5-2)17-18-38-19-24-7-6-8-25(33-24)20-39-26-14-12-23(13-15-26)31(37)34-29-21(3)9-16-27(30(32)36)28(29)22-10-11-22/h6-9,12-16,22H,4-5,10-11,17-20H2,1-3H3,(H2,32,36)(H,34,37). The van der Waals surface area contributed by atoms with Crippen molar-refractivity contribution in [3.63, 3.8) is 0 Å². The average Bonchev–Trinajstić information content (AvgIpc) is 3.79. The number of nitrogens with one attached hydrogen (secondary N) is 1. The zero-order chi connectivity index (χ0) is 27.8. The molecule has 3 aromatic rings. The maximum absolute atomic E-state index is 13.1. The number of benzene rings is 2. The minimum absolute atomic E-state index is 0.247. The maximum atomic E-state index is 13.1. The Bertz CT molecular complexity index is 1280. The summed E-state index contributed by atoms with van der Waals surface area (Å²) in [4.78, 5) is 32.0. The van der Waals surface area contributed by atoms with E-state index in [9.17, 15) is 9.59 Å². The monoisotopic (exact) mass is 530 g/mol. The number of aryl methyl sites for hydroxylation is 1. The molecule has 0 bridgehead atoms. The van der Waals surface area contributed by atoms with Crippen molar-refractivity contribution < 1.29 is 19.1 Å². The van der Waals surface area contributed by atoms with Gasteiger partial charge >= 0.3 is 0 Å². The molecule has 0 radical (unpaired) electrons. The van der Waals surface area contributed by atoms with E-state index in [1.165, 1.54) is 0 Å². The highest BCUT2D eigenvalue weighted by Gasteiger charge is 2.31. The molecule has 0 aliphatic heterocycles. The lowest BCUT2D eigenvalue weighted by Crippen LogP contribution is -2.27. The summed E-state index contributed by atoms with van der Waals surface area (Å²) in [6.07, 6.45) is 1.97. The number of pyridine rings is 1. The lowest BCUT2D eigenvalue weighted by Gasteiger charge is -2.17. The second-order valence-corrected chi connectivity index (χ2v) is 9.82. The molecule has 8 heteroatoms. The van der Waals surface area contributed by atoms with Gasteiger partial charge in [-0.15, -0.1) is 0 Å². The first-order chi connectivity index (χ1) is 18.9. The fraction of sp³-hybridized carbons (Fsp3) is 0.387. The van der Waals surface area contributed by atoms with E-state index in [1.54, 1.807) is 30.3 Å². The minimum Gasteiger partial charge on any atom is -0.487 e. The van der Waals surface area contributed by atoms with Crippen LogP contribution >= 0.6 is 0 Å². The van der Waals surface area contributed by atoms with E-state index in [2.05, 4.69) is 29.0 Å². The molecule has 1 aliphatic rings. The molecule has 1 fully saturated rings. The van der Waals surface area contributed by atoms with Crippen LogP contribution in [0.1, 0.15) is 75.8 Å². The van der Waals surface area contributed by atoms with Crippen LogP contribution < -0.4 is 15.8 Å². The summed E-state index contributed by atoms with van der Waals surface area (Å²) in [5, 5.41) is 3.02. The molecule has 0 saturated heterocycles. The molecule has 8 nitrogen and oxygen atoms in total. The molecule has 3 N–H and O–H groups in total. The molecule has 0 unspecified atom stereocenters. The molecule has 39 heavy (non-hydrogen) atoms. The number of likely N-dealkylation sites (N-methyl/N-ethyl adjacent to an activating group) is 1. The van der Waals surface area contributed by atoms with Crippen LogP contribution in [0.3, 0.4) is 0 Å². The van der Waals surface area contributed by atoms with Gasteiger partial charge in [0.15, 0.2) is 0 Å². The number of nitrogens with zero attached hydrogens (tertiary/aromatic N) is 2. The quantitative estimate of drug-likeness (QED) is 0.282. The highest BCUT2D eigenvalue weighted by atomic mass is 16.5. The van der Waals surface area contributed by atoms with Crippen LogP contribution in [0.25, 0.3) is 0 Å². The van der Waals surface area contributed by atoms with E-state index in [0.29, 0.717) is 42.4 Å². The highest BCUT2D eigenvalue weighted by Crippen LogP contribution is 2.46. The summed E-state index contributed by atoms with van der Waals surface area (Å²) in [5.74, 6) is 0.171. The first kappa shape index (κ1) is 28.3. The van der Waals surface area contributed by atoms with Crippen LogP contribution in [-0.4, -0.2) is 47.9 Å². The Morgan fingerprint density at radius 1 is 1.00 bits per heavy atom. The van der Waals surface area contributed by atoms with Gasteiger partial charge in [-0.25, -0.2) is 0 Å². The van der Waals surface area contributed by atoms with Gasteiger partial charge in [0.25, 0.3) is 5.91 Å². The number of ether oxygens (including phenoxy) is 2. The van der Waals surface area contributed by atoms with Gasteiger partial charge in [-0.1, -0.05) is 26.0 Å². The van der Waals surface area contributed by atoms with Crippen LogP contribution in [0.5, 0.6) is 5.75 Å². The van der Waals surface area contributed by atoms with Gasteiger partial charge in [-0.05, 0) is 92.4 Å². The van der Waals surface area contributed by atoms with E-state index >= 15 is 0 Å². The van der Waals surface area contributed by atoms with Crippen molar-refractivity contribution in [1.82, 2.24) is 9.88 Å². The van der Waals surface area contributed by atoms with Crippen LogP contribution in [0.15, 0.2) is 54.6 Å². The largest absolute Gasteiger partial charge is 0.487 e. The summed E-state index contributed by atoms with van der Waals surface area (Å²) < 4.78 is 11.7. The molecule has 1 aliphatic carbocycles. The van der Waals surface area contributed by atoms with E-state index in [0.717, 1.165) is 55.0 Å². The lowest BCUT2D eigenvalue weighted by atomic mass is 9.96. The second kappa shape index (κ2) is 13.4. The van der Waals surface area contributed by atoms with Crippen LogP contribution in [0.2, 0.25) is 0 Å². The predicted molar refractivity (Wildman–Crippen MR) is 152 cm³/mol. The average molecular weight is 531 g/mol. The van der Waals surface area contributed by atoms with Crippen LogP contribution in [0, 0.1) is 6.92 Å². The Hall–Kier alpha value is -3.75. The molecular formula is C31H38N4O4. The Morgan fingerprint density at radius 2 is 1.69 bits per heavy atom. The third-order valence-electron chi connectivity index (χ3n) is 7.01. The molecule has 1 heterocycles. The zero-order valence-electron chi connectivity index (χ0n) is 23.0. The molecule has 2 aromatic carbocycles. The number of aromatic nitrogens is 1. The molecule has 4 rings (SSSR count). The zero-order valence-corrected chi connectivity index (χ0v) is 23.0. The molecule has 0 atom stereocenters. The predicted octanol–water partition coefficient (Wildman–Crippen LogP) is 5.06. The molecule has 206 valence electrons. The van der Waals surface area contributed by atoms with E-state index in [4.69, 9.17) is 15.2 Å². The van der Waals surface area contributed by atoms with E-state index < -0.39 is 5.91 Å². The van der Waals surface area contributed by atoms with E-state index in [-0.39, 0.29) is 11.8 Å². The van der Waals surface area contributed by atoms with Gasteiger partial charge in [0.2, 0.25) is 5.91 Å². The van der Waals surface area contributed by atoms with Gasteiger partial charge in [0.1, 0.15) is 12.4 Å². The normalized spacial score (nSPS) is 12.9. The molecular weight excluding hydrogens is 492 g/mol. The molecule has 0 spiro atoms. The molecule has 2 amide bonds. The smallest absolute Gasteiger partial charge is 0.255 e. The van der Waals surface area contributed by atoms with Gasteiger partial charge in [-0.3, -0.25) is 14.6 Å². The summed E-state index contributed by atoms with van der Waals surface area (Å²) >= 11 is 0. The van der Waals surface area contributed by atoms with Crippen LogP contribution in [-0.2, 0) is 18.0 Å². The molecule has 1 saturated carbocycles. The van der Waals surface area contributed by atoms with Gasteiger partial charge < -0.3 is 25.4 Å². The number of hydrogen-bond acceptors (Lipinski definition) is 6. The van der Waals surface area contributed by atoms with Gasteiger partial charge in [-0.2, -0.15) is 0 Å². The van der Waals surface area contributed by atoms with E-state index in [1.807, 2.05) is 31.2 Å². The number of primary amides is 1. The fourth-order valence-corrected chi connectivity index (χ4v) is 4.55. The van der Waals surface area contributed by atoms with Gasteiger partial charge in [0.05, 0.1) is 24.6 Å². The van der Waals surface area contributed by atoms with Crippen LogP contribution in [0.4, 0.5) is 5.69 Å². The fourth-order valence-electron chi connectivity index (χ4n) is 4.55. The maximum Gasteiger partial charge on any atom is 0.255 e. The number of anilines is 1. The summed E-state index contributed by atoms with van der Waals surface area (Å²) in [7, 11) is 0. The number of hydrogen-bond donors (Lipinski definition) is 2. The molecule has 1 aromatic heterocycles. The summed E-state index contributed by atoms with van der Waals surface area (Å²) in [6.45, 7) is 10.6. The number of amides is 2. The van der Waals surface area contributed by atoms with Crippen molar-refractivity contribution in [3.8, 4) is 5.75 Å². The van der Waals surface area contributed by atoms with Crippen molar-refractivity contribution in [2.24, 2.45) is 5.73 Å². The lowest BCUT2D eigenvalue weighted by molar-refractivity contribution is 0.0933.